The van der Waals surface area contributed by atoms with Gasteiger partial charge in [0.25, 0.3) is 0 Å². The first-order valence-corrected chi connectivity index (χ1v) is 6.09. The second-order valence-electron chi connectivity index (χ2n) is 2.84. The number of rotatable bonds is 5. The third kappa shape index (κ3) is 3.46. The molecule has 0 unspecified atom stereocenters. The predicted octanol–water partition coefficient (Wildman–Crippen LogP) is 2.76. The van der Waals surface area contributed by atoms with E-state index < -0.39 is 0 Å². The van der Waals surface area contributed by atoms with Crippen molar-refractivity contribution in [3.8, 4) is 5.88 Å². The Morgan fingerprint density at radius 2 is 2.33 bits per heavy atom. The number of ether oxygens (including phenoxy) is 2. The monoisotopic (exact) mass is 293 g/mol. The molecular weight excluding hydrogens is 282 g/mol. The van der Waals surface area contributed by atoms with Crippen molar-refractivity contribution in [1.82, 2.24) is 4.37 Å². The number of hydrogen-bond donors (Lipinski definition) is 0. The predicted molar refractivity (Wildman–Crippen MR) is 61.1 cm³/mol. The van der Waals surface area contributed by atoms with Crippen LogP contribution in [-0.4, -0.2) is 17.5 Å². The SMILES string of the molecule is CCCC(=O)OCc1snc(OC)c1Br. The quantitative estimate of drug-likeness (QED) is 0.783. The zero-order chi connectivity index (χ0) is 11.3. The largest absolute Gasteiger partial charge is 0.480 e. The summed E-state index contributed by atoms with van der Waals surface area (Å²) in [6.07, 6.45) is 1.25. The van der Waals surface area contributed by atoms with Crippen molar-refractivity contribution in [2.24, 2.45) is 0 Å². The normalized spacial score (nSPS) is 10.1. The van der Waals surface area contributed by atoms with Gasteiger partial charge in [0.1, 0.15) is 6.61 Å². The minimum Gasteiger partial charge on any atom is -0.480 e. The van der Waals surface area contributed by atoms with Crippen molar-refractivity contribution in [3.05, 3.63) is 9.35 Å². The third-order valence-corrected chi connectivity index (χ3v) is 3.56. The molecule has 6 heteroatoms. The zero-order valence-electron chi connectivity index (χ0n) is 8.58. The molecule has 0 aromatic carbocycles. The first-order valence-electron chi connectivity index (χ1n) is 4.52. The van der Waals surface area contributed by atoms with Crippen LogP contribution in [-0.2, 0) is 16.1 Å². The molecule has 0 spiro atoms. The minimum absolute atomic E-state index is 0.184. The van der Waals surface area contributed by atoms with Gasteiger partial charge in [0.15, 0.2) is 0 Å². The molecule has 0 aliphatic carbocycles. The summed E-state index contributed by atoms with van der Waals surface area (Å²) in [5, 5.41) is 0. The molecule has 0 radical (unpaired) electrons. The minimum atomic E-state index is -0.184. The third-order valence-electron chi connectivity index (χ3n) is 1.68. The lowest BCUT2D eigenvalue weighted by atomic mass is 10.3. The van der Waals surface area contributed by atoms with Crippen LogP contribution in [0.1, 0.15) is 24.6 Å². The fraction of sp³-hybridized carbons (Fsp3) is 0.556. The van der Waals surface area contributed by atoms with E-state index in [0.717, 1.165) is 15.8 Å². The van der Waals surface area contributed by atoms with E-state index in [0.29, 0.717) is 12.3 Å². The van der Waals surface area contributed by atoms with Gasteiger partial charge in [-0.25, -0.2) is 0 Å². The molecule has 1 aromatic rings. The van der Waals surface area contributed by atoms with Gasteiger partial charge in [-0.1, -0.05) is 6.92 Å². The van der Waals surface area contributed by atoms with Crippen molar-refractivity contribution in [2.75, 3.05) is 7.11 Å². The standard InChI is InChI=1S/C9H12BrNO3S/c1-3-4-7(12)14-5-6-8(10)9(13-2)11-15-6/h3-5H2,1-2H3. The van der Waals surface area contributed by atoms with E-state index in [1.54, 1.807) is 7.11 Å². The maximum Gasteiger partial charge on any atom is 0.306 e. The first-order chi connectivity index (χ1) is 7.19. The molecule has 0 aliphatic heterocycles. The number of nitrogens with zero attached hydrogens (tertiary/aromatic N) is 1. The molecule has 0 aliphatic rings. The van der Waals surface area contributed by atoms with Crippen LogP contribution in [0.5, 0.6) is 5.88 Å². The summed E-state index contributed by atoms with van der Waals surface area (Å²) in [4.78, 5) is 12.0. The molecule has 0 bridgehead atoms. The molecule has 1 aromatic heterocycles. The van der Waals surface area contributed by atoms with E-state index in [-0.39, 0.29) is 12.6 Å². The summed E-state index contributed by atoms with van der Waals surface area (Å²) in [5.41, 5.74) is 0. The Hall–Kier alpha value is -0.620. The molecule has 15 heavy (non-hydrogen) atoms. The molecule has 0 saturated heterocycles. The van der Waals surface area contributed by atoms with Crippen LogP contribution in [0.4, 0.5) is 0 Å². The maximum absolute atomic E-state index is 11.1. The van der Waals surface area contributed by atoms with E-state index >= 15 is 0 Å². The van der Waals surface area contributed by atoms with Crippen molar-refractivity contribution >= 4 is 33.4 Å². The van der Waals surface area contributed by atoms with Crippen molar-refractivity contribution in [2.45, 2.75) is 26.4 Å². The number of methoxy groups -OCH3 is 1. The fourth-order valence-corrected chi connectivity index (χ4v) is 2.27. The van der Waals surface area contributed by atoms with Crippen LogP contribution in [0, 0.1) is 0 Å². The summed E-state index contributed by atoms with van der Waals surface area (Å²) in [6, 6.07) is 0. The summed E-state index contributed by atoms with van der Waals surface area (Å²) in [5.74, 6) is 0.346. The summed E-state index contributed by atoms with van der Waals surface area (Å²) >= 11 is 4.59. The second-order valence-corrected chi connectivity index (χ2v) is 4.49. The smallest absolute Gasteiger partial charge is 0.306 e. The molecule has 4 nitrogen and oxygen atoms in total. The highest BCUT2D eigenvalue weighted by atomic mass is 79.9. The Bertz CT molecular complexity index is 340. The molecule has 0 atom stereocenters. The molecule has 0 fully saturated rings. The fourth-order valence-electron chi connectivity index (χ4n) is 0.935. The number of esters is 1. The van der Waals surface area contributed by atoms with E-state index in [4.69, 9.17) is 9.47 Å². The lowest BCUT2D eigenvalue weighted by Crippen LogP contribution is -2.02. The summed E-state index contributed by atoms with van der Waals surface area (Å²) in [7, 11) is 1.55. The summed E-state index contributed by atoms with van der Waals surface area (Å²) < 4.78 is 14.8. The number of carbonyl (C=O) groups is 1. The van der Waals surface area contributed by atoms with Gasteiger partial charge >= 0.3 is 5.97 Å². The molecule has 0 N–H and O–H groups in total. The van der Waals surface area contributed by atoms with Gasteiger partial charge in [-0.15, -0.1) is 0 Å². The average molecular weight is 294 g/mol. The van der Waals surface area contributed by atoms with Crippen LogP contribution in [0.15, 0.2) is 4.47 Å². The van der Waals surface area contributed by atoms with Gasteiger partial charge in [0.2, 0.25) is 5.88 Å². The summed E-state index contributed by atoms with van der Waals surface area (Å²) in [6.45, 7) is 2.19. The van der Waals surface area contributed by atoms with Gasteiger partial charge in [-0.2, -0.15) is 4.37 Å². The molecule has 0 amide bonds. The molecule has 0 saturated carbocycles. The average Bonchev–Trinajstić information content (AvgIpc) is 2.57. The van der Waals surface area contributed by atoms with E-state index in [2.05, 4.69) is 20.3 Å². The second kappa shape index (κ2) is 6.07. The van der Waals surface area contributed by atoms with Crippen LogP contribution < -0.4 is 4.74 Å². The van der Waals surface area contributed by atoms with E-state index in [9.17, 15) is 4.79 Å². The van der Waals surface area contributed by atoms with Gasteiger partial charge in [0.05, 0.1) is 16.5 Å². The molecule has 1 heterocycles. The number of halogens is 1. The Balaban J connectivity index is 2.50. The van der Waals surface area contributed by atoms with Gasteiger partial charge < -0.3 is 9.47 Å². The van der Waals surface area contributed by atoms with Gasteiger partial charge in [-0.05, 0) is 33.9 Å². The van der Waals surface area contributed by atoms with Crippen molar-refractivity contribution < 1.29 is 14.3 Å². The molecule has 1 rings (SSSR count). The maximum atomic E-state index is 11.1. The van der Waals surface area contributed by atoms with E-state index in [1.165, 1.54) is 11.5 Å². The molecular formula is C9H12BrNO3S. The number of carbonyl (C=O) groups excluding carboxylic acids is 1. The Morgan fingerprint density at radius 3 is 2.87 bits per heavy atom. The highest BCUT2D eigenvalue weighted by Crippen LogP contribution is 2.31. The topological polar surface area (TPSA) is 48.4 Å². The Morgan fingerprint density at radius 1 is 1.60 bits per heavy atom. The van der Waals surface area contributed by atoms with Gasteiger partial charge in [-0.3, -0.25) is 4.79 Å². The lowest BCUT2D eigenvalue weighted by Gasteiger charge is -2.01. The lowest BCUT2D eigenvalue weighted by molar-refractivity contribution is -0.144. The first kappa shape index (κ1) is 12.4. The van der Waals surface area contributed by atoms with Crippen LogP contribution >= 0.6 is 27.5 Å². The highest BCUT2D eigenvalue weighted by molar-refractivity contribution is 9.10. The van der Waals surface area contributed by atoms with Crippen molar-refractivity contribution in [3.63, 3.8) is 0 Å². The van der Waals surface area contributed by atoms with Gasteiger partial charge in [0, 0.05) is 6.42 Å². The Labute approximate surface area is 101 Å². The molecule has 84 valence electrons. The van der Waals surface area contributed by atoms with Crippen LogP contribution in [0.2, 0.25) is 0 Å². The highest BCUT2D eigenvalue weighted by Gasteiger charge is 2.13. The van der Waals surface area contributed by atoms with Crippen LogP contribution in [0.3, 0.4) is 0 Å². The Kier molecular flexibility index (Phi) is 5.04. The van der Waals surface area contributed by atoms with E-state index in [1.807, 2.05) is 6.92 Å². The number of aromatic nitrogens is 1. The van der Waals surface area contributed by atoms with Crippen LogP contribution in [0.25, 0.3) is 0 Å². The number of hydrogen-bond acceptors (Lipinski definition) is 5. The zero-order valence-corrected chi connectivity index (χ0v) is 11.0. The van der Waals surface area contributed by atoms with Crippen molar-refractivity contribution in [1.29, 1.82) is 0 Å².